The van der Waals surface area contributed by atoms with E-state index in [1.807, 2.05) is 24.3 Å². The van der Waals surface area contributed by atoms with Gasteiger partial charge in [0.25, 0.3) is 0 Å². The molecule has 1 saturated heterocycles. The van der Waals surface area contributed by atoms with Crippen LogP contribution in [0.25, 0.3) is 0 Å². The molecule has 7 heteroatoms. The van der Waals surface area contributed by atoms with E-state index >= 15 is 0 Å². The number of halogens is 1. The lowest BCUT2D eigenvalue weighted by molar-refractivity contribution is -0.146. The highest BCUT2D eigenvalue weighted by Gasteiger charge is 2.29. The molecule has 1 aromatic carbocycles. The van der Waals surface area contributed by atoms with E-state index in [2.05, 4.69) is 21.2 Å². The van der Waals surface area contributed by atoms with Crippen molar-refractivity contribution in [3.63, 3.8) is 0 Å². The van der Waals surface area contributed by atoms with Crippen molar-refractivity contribution in [3.05, 3.63) is 34.3 Å². The van der Waals surface area contributed by atoms with Crippen LogP contribution in [0.2, 0.25) is 0 Å². The maximum absolute atomic E-state index is 12.1. The van der Waals surface area contributed by atoms with Crippen molar-refractivity contribution >= 4 is 33.7 Å². The summed E-state index contributed by atoms with van der Waals surface area (Å²) >= 11 is 3.35. The average Bonchev–Trinajstić information content (AvgIpc) is 2.36. The maximum atomic E-state index is 12.1. The largest absolute Gasteiger partial charge is 0.323 e. The third kappa shape index (κ3) is 3.64. The molecule has 1 aromatic rings. The van der Waals surface area contributed by atoms with E-state index < -0.39 is 23.8 Å². The van der Waals surface area contributed by atoms with E-state index in [1.165, 1.54) is 4.90 Å². The van der Waals surface area contributed by atoms with E-state index in [9.17, 15) is 14.4 Å². The number of rotatable bonds is 3. The van der Waals surface area contributed by atoms with Crippen LogP contribution < -0.4 is 11.1 Å². The number of nitrogens with one attached hydrogen (secondary N) is 1. The molecule has 1 atom stereocenters. The van der Waals surface area contributed by atoms with Gasteiger partial charge >= 0.3 is 0 Å². The Morgan fingerprint density at radius 1 is 1.35 bits per heavy atom. The fourth-order valence-corrected chi connectivity index (χ4v) is 2.48. The second-order valence-corrected chi connectivity index (χ2v) is 5.52. The van der Waals surface area contributed by atoms with E-state index in [1.54, 1.807) is 0 Å². The van der Waals surface area contributed by atoms with Crippen molar-refractivity contribution in [2.75, 3.05) is 13.1 Å². The average molecular weight is 340 g/mol. The molecule has 20 heavy (non-hydrogen) atoms. The number of hydrogen-bond acceptors (Lipinski definition) is 4. The Morgan fingerprint density at radius 3 is 2.60 bits per heavy atom. The molecule has 2 rings (SSSR count). The smallest absolute Gasteiger partial charge is 0.246 e. The van der Waals surface area contributed by atoms with E-state index in [4.69, 9.17) is 5.73 Å². The van der Waals surface area contributed by atoms with Gasteiger partial charge in [0, 0.05) is 4.47 Å². The molecule has 3 N–H and O–H groups in total. The molecule has 0 bridgehead atoms. The van der Waals surface area contributed by atoms with Crippen LogP contribution in [0.1, 0.15) is 5.56 Å². The van der Waals surface area contributed by atoms with Gasteiger partial charge in [0.1, 0.15) is 13.1 Å². The Balaban J connectivity index is 2.01. The number of benzene rings is 1. The molecule has 1 fully saturated rings. The second-order valence-electron chi connectivity index (χ2n) is 4.61. The maximum Gasteiger partial charge on any atom is 0.246 e. The highest BCUT2D eigenvalue weighted by atomic mass is 79.9. The fraction of sp³-hybridized carbons (Fsp3) is 0.308. The zero-order chi connectivity index (χ0) is 14.7. The quantitative estimate of drug-likeness (QED) is 0.746. The standard InChI is InChI=1S/C13H14BrN3O3/c14-9-3-1-2-8(4-9)5-10(15)13(20)17-6-11(18)16-12(19)7-17/h1-4,10H,5-7,15H2,(H,16,18,19). The third-order valence-electron chi connectivity index (χ3n) is 2.92. The molecule has 6 nitrogen and oxygen atoms in total. The van der Waals surface area contributed by atoms with Crippen LogP contribution in [0.3, 0.4) is 0 Å². The Morgan fingerprint density at radius 2 is 2.00 bits per heavy atom. The summed E-state index contributed by atoms with van der Waals surface area (Å²) in [4.78, 5) is 35.8. The molecule has 0 saturated carbocycles. The summed E-state index contributed by atoms with van der Waals surface area (Å²) in [5.74, 6) is -1.36. The summed E-state index contributed by atoms with van der Waals surface area (Å²) in [5, 5.41) is 2.14. The van der Waals surface area contributed by atoms with Crippen LogP contribution >= 0.6 is 15.9 Å². The molecular formula is C13H14BrN3O3. The minimum Gasteiger partial charge on any atom is -0.323 e. The van der Waals surface area contributed by atoms with Gasteiger partial charge in [-0.05, 0) is 24.1 Å². The molecule has 1 heterocycles. The van der Waals surface area contributed by atoms with Crippen molar-refractivity contribution in [3.8, 4) is 0 Å². The van der Waals surface area contributed by atoms with E-state index in [0.29, 0.717) is 6.42 Å². The Labute approximate surface area is 124 Å². The molecule has 1 aliphatic heterocycles. The van der Waals surface area contributed by atoms with Crippen molar-refractivity contribution in [2.24, 2.45) is 5.73 Å². The number of amides is 3. The molecule has 0 aromatic heterocycles. The van der Waals surface area contributed by atoms with Crippen molar-refractivity contribution in [1.29, 1.82) is 0 Å². The molecule has 106 valence electrons. The van der Waals surface area contributed by atoms with Gasteiger partial charge in [0.05, 0.1) is 6.04 Å². The number of nitrogens with two attached hydrogens (primary N) is 1. The number of piperazine rings is 1. The first kappa shape index (κ1) is 14.7. The van der Waals surface area contributed by atoms with Crippen LogP contribution in [-0.2, 0) is 20.8 Å². The van der Waals surface area contributed by atoms with E-state index in [-0.39, 0.29) is 13.1 Å². The highest BCUT2D eigenvalue weighted by molar-refractivity contribution is 9.10. The highest BCUT2D eigenvalue weighted by Crippen LogP contribution is 2.13. The monoisotopic (exact) mass is 339 g/mol. The van der Waals surface area contributed by atoms with Gasteiger partial charge in [-0.25, -0.2) is 0 Å². The number of hydrogen-bond donors (Lipinski definition) is 2. The predicted octanol–water partition coefficient (Wildman–Crippen LogP) is -0.196. The minimum absolute atomic E-state index is 0.128. The molecular weight excluding hydrogens is 326 g/mol. The lowest BCUT2D eigenvalue weighted by Crippen LogP contribution is -2.57. The lowest BCUT2D eigenvalue weighted by atomic mass is 10.1. The summed E-state index contributed by atoms with van der Waals surface area (Å²) in [7, 11) is 0. The normalized spacial score (nSPS) is 16.8. The van der Waals surface area contributed by atoms with Gasteiger partial charge in [-0.2, -0.15) is 0 Å². The summed E-state index contributed by atoms with van der Waals surface area (Å²) in [6.45, 7) is -0.256. The first-order valence-corrected chi connectivity index (χ1v) is 6.86. The topological polar surface area (TPSA) is 92.5 Å². The number of carbonyl (C=O) groups is 3. The molecule has 1 aliphatic rings. The van der Waals surface area contributed by atoms with Crippen LogP contribution in [-0.4, -0.2) is 41.8 Å². The van der Waals surface area contributed by atoms with Crippen LogP contribution in [0.5, 0.6) is 0 Å². The summed E-state index contributed by atoms with van der Waals surface area (Å²) in [6, 6.07) is 6.70. The van der Waals surface area contributed by atoms with Crippen molar-refractivity contribution in [2.45, 2.75) is 12.5 Å². The number of carbonyl (C=O) groups excluding carboxylic acids is 3. The zero-order valence-electron chi connectivity index (χ0n) is 10.6. The van der Waals surface area contributed by atoms with Gasteiger partial charge < -0.3 is 10.6 Å². The minimum atomic E-state index is -0.775. The Bertz CT molecular complexity index is 546. The SMILES string of the molecule is NC(Cc1cccc(Br)c1)C(=O)N1CC(=O)NC(=O)C1. The summed E-state index contributed by atoms with van der Waals surface area (Å²) < 4.78 is 0.905. The molecule has 1 unspecified atom stereocenters. The van der Waals surface area contributed by atoms with Gasteiger partial charge in [-0.1, -0.05) is 28.1 Å². The number of nitrogens with zero attached hydrogens (tertiary/aromatic N) is 1. The van der Waals surface area contributed by atoms with E-state index in [0.717, 1.165) is 10.0 Å². The van der Waals surface area contributed by atoms with Crippen LogP contribution in [0, 0.1) is 0 Å². The van der Waals surface area contributed by atoms with Crippen LogP contribution in [0.15, 0.2) is 28.7 Å². The molecule has 0 radical (unpaired) electrons. The lowest BCUT2D eigenvalue weighted by Gasteiger charge is -2.27. The predicted molar refractivity (Wildman–Crippen MR) is 75.6 cm³/mol. The van der Waals surface area contributed by atoms with Gasteiger partial charge in [0.2, 0.25) is 17.7 Å². The zero-order valence-corrected chi connectivity index (χ0v) is 12.2. The third-order valence-corrected chi connectivity index (χ3v) is 3.41. The fourth-order valence-electron chi connectivity index (χ4n) is 2.03. The summed E-state index contributed by atoms with van der Waals surface area (Å²) in [6.07, 6.45) is 0.352. The van der Waals surface area contributed by atoms with Gasteiger partial charge in [0.15, 0.2) is 0 Å². The molecule has 0 aliphatic carbocycles. The van der Waals surface area contributed by atoms with Crippen LogP contribution in [0.4, 0.5) is 0 Å². The van der Waals surface area contributed by atoms with Gasteiger partial charge in [-0.3, -0.25) is 19.7 Å². The molecule has 0 spiro atoms. The number of imide groups is 1. The molecule has 3 amide bonds. The summed E-state index contributed by atoms with van der Waals surface area (Å²) in [5.41, 5.74) is 6.78. The first-order valence-electron chi connectivity index (χ1n) is 6.07. The second kappa shape index (κ2) is 6.15. The first-order chi connectivity index (χ1) is 9.45. The van der Waals surface area contributed by atoms with Crippen molar-refractivity contribution in [1.82, 2.24) is 10.2 Å². The Kier molecular flexibility index (Phi) is 4.51. The Hall–Kier alpha value is -1.73. The van der Waals surface area contributed by atoms with Gasteiger partial charge in [-0.15, -0.1) is 0 Å². The van der Waals surface area contributed by atoms with Crippen molar-refractivity contribution < 1.29 is 14.4 Å².